The van der Waals surface area contributed by atoms with Crippen molar-refractivity contribution in [2.45, 2.75) is 13.0 Å². The summed E-state index contributed by atoms with van der Waals surface area (Å²) in [6, 6.07) is 10.7. The Morgan fingerprint density at radius 1 is 1.09 bits per heavy atom. The van der Waals surface area contributed by atoms with Gasteiger partial charge >= 0.3 is 0 Å². The highest BCUT2D eigenvalue weighted by molar-refractivity contribution is 6.39. The Labute approximate surface area is 142 Å². The number of aliphatic hydroxyl groups excluding tert-OH is 1. The number of rotatable bonds is 3. The first kappa shape index (κ1) is 16.0. The number of nitrogens with zero attached hydrogens (tertiary/aromatic N) is 1. The Kier molecular flexibility index (Phi) is 4.39. The van der Waals surface area contributed by atoms with Crippen molar-refractivity contribution in [1.29, 1.82) is 0 Å². The van der Waals surface area contributed by atoms with Gasteiger partial charge in [0, 0.05) is 5.56 Å². The van der Waals surface area contributed by atoms with Gasteiger partial charge in [0.05, 0.1) is 15.6 Å². The largest absolute Gasteiger partial charge is 0.383 e. The molecule has 1 N–H and O–H groups in total. The molecule has 0 spiro atoms. The molecule has 1 atom stereocenters. The van der Waals surface area contributed by atoms with E-state index in [1.807, 2.05) is 0 Å². The number of hydrogen-bond acceptors (Lipinski definition) is 3. The molecule has 0 amide bonds. The molecule has 0 fully saturated rings. The lowest BCUT2D eigenvalue weighted by Crippen LogP contribution is -2.02. The quantitative estimate of drug-likeness (QED) is 0.707. The fourth-order valence-corrected chi connectivity index (χ4v) is 2.99. The van der Waals surface area contributed by atoms with Crippen LogP contribution in [-0.2, 0) is 0 Å². The lowest BCUT2D eigenvalue weighted by Gasteiger charge is -2.13. The van der Waals surface area contributed by atoms with Crippen LogP contribution in [0.2, 0.25) is 10.0 Å². The van der Waals surface area contributed by atoms with Crippen LogP contribution < -0.4 is 0 Å². The average Bonchev–Trinajstić information content (AvgIpc) is 2.89. The zero-order valence-corrected chi connectivity index (χ0v) is 13.6. The lowest BCUT2D eigenvalue weighted by atomic mass is 9.96. The van der Waals surface area contributed by atoms with E-state index in [9.17, 15) is 9.50 Å². The van der Waals surface area contributed by atoms with Crippen molar-refractivity contribution < 1.29 is 14.0 Å². The summed E-state index contributed by atoms with van der Waals surface area (Å²) in [5.41, 5.74) is 1.83. The Morgan fingerprint density at radius 3 is 2.30 bits per heavy atom. The maximum absolute atomic E-state index is 13.1. The zero-order valence-electron chi connectivity index (χ0n) is 12.1. The minimum absolute atomic E-state index is 0.370. The van der Waals surface area contributed by atoms with Crippen molar-refractivity contribution in [2.24, 2.45) is 0 Å². The number of hydrogen-bond donors (Lipinski definition) is 1. The maximum atomic E-state index is 13.1. The minimum Gasteiger partial charge on any atom is -0.383 e. The second-order valence-electron chi connectivity index (χ2n) is 5.05. The van der Waals surface area contributed by atoms with E-state index in [0.29, 0.717) is 38.2 Å². The van der Waals surface area contributed by atoms with Gasteiger partial charge in [0.15, 0.2) is 0 Å². The van der Waals surface area contributed by atoms with Crippen LogP contribution >= 0.6 is 23.2 Å². The van der Waals surface area contributed by atoms with Crippen molar-refractivity contribution in [3.8, 4) is 11.3 Å². The van der Waals surface area contributed by atoms with E-state index < -0.39 is 6.10 Å². The molecule has 118 valence electrons. The number of aromatic nitrogens is 1. The Morgan fingerprint density at radius 2 is 1.70 bits per heavy atom. The molecule has 0 aliphatic rings. The average molecular weight is 352 g/mol. The minimum atomic E-state index is -1.04. The molecule has 0 saturated carbocycles. The van der Waals surface area contributed by atoms with Crippen molar-refractivity contribution in [2.75, 3.05) is 0 Å². The van der Waals surface area contributed by atoms with Crippen LogP contribution in [0.25, 0.3) is 11.3 Å². The molecule has 3 nitrogen and oxygen atoms in total. The highest BCUT2D eigenvalue weighted by atomic mass is 35.5. The predicted octanol–water partition coefficient (Wildman–Crippen LogP) is 5.18. The van der Waals surface area contributed by atoms with Crippen molar-refractivity contribution in [3.05, 3.63) is 75.2 Å². The molecule has 23 heavy (non-hydrogen) atoms. The molecule has 0 aliphatic heterocycles. The van der Waals surface area contributed by atoms with E-state index >= 15 is 0 Å². The predicted molar refractivity (Wildman–Crippen MR) is 87.2 cm³/mol. The molecule has 3 aromatic rings. The van der Waals surface area contributed by atoms with Gasteiger partial charge in [-0.15, -0.1) is 0 Å². The summed E-state index contributed by atoms with van der Waals surface area (Å²) >= 11 is 12.4. The van der Waals surface area contributed by atoms with Crippen LogP contribution in [0.1, 0.15) is 23.0 Å². The fraction of sp³-hybridized carbons (Fsp3) is 0.118. The van der Waals surface area contributed by atoms with Gasteiger partial charge in [-0.2, -0.15) is 0 Å². The summed E-state index contributed by atoms with van der Waals surface area (Å²) in [6.07, 6.45) is -1.04. The van der Waals surface area contributed by atoms with Gasteiger partial charge < -0.3 is 9.63 Å². The van der Waals surface area contributed by atoms with Gasteiger partial charge in [-0.1, -0.05) is 46.6 Å². The molecule has 1 aromatic heterocycles. The number of aryl methyl sites for hydroxylation is 1. The standard InChI is InChI=1S/C17H12Cl2FNO2/c1-9-14(17(22)10-5-7-11(20)8-6-10)16(21-23-9)15-12(18)3-2-4-13(15)19/h2-8,17,22H,1H3/t17-/m1/s1. The molecule has 6 heteroatoms. The number of aliphatic hydroxyl groups is 1. The van der Waals surface area contributed by atoms with Gasteiger partial charge in [-0.3, -0.25) is 0 Å². The Balaban J connectivity index is 2.14. The van der Waals surface area contributed by atoms with Gasteiger partial charge in [-0.25, -0.2) is 4.39 Å². The Hall–Kier alpha value is -1.88. The van der Waals surface area contributed by atoms with E-state index in [1.165, 1.54) is 24.3 Å². The summed E-state index contributed by atoms with van der Waals surface area (Å²) < 4.78 is 18.3. The van der Waals surface area contributed by atoms with E-state index in [0.717, 1.165) is 0 Å². The SMILES string of the molecule is Cc1onc(-c2c(Cl)cccc2Cl)c1[C@H](O)c1ccc(F)cc1. The molecule has 0 unspecified atom stereocenters. The van der Waals surface area contributed by atoms with Crippen LogP contribution in [0.4, 0.5) is 4.39 Å². The highest BCUT2D eigenvalue weighted by Crippen LogP contribution is 2.40. The van der Waals surface area contributed by atoms with Gasteiger partial charge in [0.2, 0.25) is 0 Å². The van der Waals surface area contributed by atoms with E-state index in [1.54, 1.807) is 25.1 Å². The molecule has 0 saturated heterocycles. The van der Waals surface area contributed by atoms with Crippen LogP contribution in [0.3, 0.4) is 0 Å². The van der Waals surface area contributed by atoms with Crippen molar-refractivity contribution in [1.82, 2.24) is 5.16 Å². The van der Waals surface area contributed by atoms with E-state index in [4.69, 9.17) is 27.7 Å². The van der Waals surface area contributed by atoms with Crippen molar-refractivity contribution in [3.63, 3.8) is 0 Å². The summed E-state index contributed by atoms with van der Waals surface area (Å²) in [6.45, 7) is 1.68. The van der Waals surface area contributed by atoms with Crippen LogP contribution in [0.15, 0.2) is 47.0 Å². The first-order valence-corrected chi connectivity index (χ1v) is 7.58. The third-order valence-electron chi connectivity index (χ3n) is 3.57. The summed E-state index contributed by atoms with van der Waals surface area (Å²) in [5.74, 6) is 0.0603. The first-order valence-electron chi connectivity index (χ1n) is 6.83. The molecule has 0 bridgehead atoms. The third-order valence-corrected chi connectivity index (χ3v) is 4.20. The summed E-state index contributed by atoms with van der Waals surface area (Å²) in [4.78, 5) is 0. The fourth-order valence-electron chi connectivity index (χ4n) is 2.42. The van der Waals surface area contributed by atoms with E-state index in [2.05, 4.69) is 5.16 Å². The normalized spacial score (nSPS) is 12.4. The highest BCUT2D eigenvalue weighted by Gasteiger charge is 2.25. The maximum Gasteiger partial charge on any atom is 0.140 e. The topological polar surface area (TPSA) is 46.3 Å². The Bertz CT molecular complexity index is 826. The molecule has 0 radical (unpaired) electrons. The zero-order chi connectivity index (χ0) is 16.6. The van der Waals surface area contributed by atoms with Gasteiger partial charge in [0.25, 0.3) is 0 Å². The summed E-state index contributed by atoms with van der Waals surface area (Å²) in [5, 5.41) is 15.5. The summed E-state index contributed by atoms with van der Waals surface area (Å²) in [7, 11) is 0. The molecular formula is C17H12Cl2FNO2. The number of halogens is 3. The molecular weight excluding hydrogens is 340 g/mol. The second kappa shape index (κ2) is 6.32. The molecule has 3 rings (SSSR count). The molecule has 0 aliphatic carbocycles. The van der Waals surface area contributed by atoms with Crippen LogP contribution in [-0.4, -0.2) is 10.3 Å². The van der Waals surface area contributed by atoms with Crippen LogP contribution in [0.5, 0.6) is 0 Å². The van der Waals surface area contributed by atoms with E-state index in [-0.39, 0.29) is 5.82 Å². The molecule has 2 aromatic carbocycles. The second-order valence-corrected chi connectivity index (χ2v) is 5.87. The van der Waals surface area contributed by atoms with Gasteiger partial charge in [0.1, 0.15) is 23.4 Å². The number of benzene rings is 2. The van der Waals surface area contributed by atoms with Crippen LogP contribution in [0, 0.1) is 12.7 Å². The first-order chi connectivity index (χ1) is 11.0. The molecule has 1 heterocycles. The van der Waals surface area contributed by atoms with Crippen molar-refractivity contribution >= 4 is 23.2 Å². The smallest absolute Gasteiger partial charge is 0.140 e. The van der Waals surface area contributed by atoms with Gasteiger partial charge in [-0.05, 0) is 36.8 Å². The lowest BCUT2D eigenvalue weighted by molar-refractivity contribution is 0.218. The third kappa shape index (κ3) is 2.98. The monoisotopic (exact) mass is 351 g/mol.